The Hall–Kier alpha value is -1.32. The van der Waals surface area contributed by atoms with Crippen LogP contribution in [0.3, 0.4) is 0 Å². The second-order valence-corrected chi connectivity index (χ2v) is 6.93. The second-order valence-electron chi connectivity index (χ2n) is 6.11. The van der Waals surface area contributed by atoms with Crippen LogP contribution in [-0.4, -0.2) is 17.0 Å². The molecule has 0 saturated heterocycles. The second kappa shape index (κ2) is 6.20. The number of hydrogen-bond donors (Lipinski definition) is 0. The molecular formula is C16H19Cl2N3. The lowest BCUT2D eigenvalue weighted by molar-refractivity contribution is 0.544. The van der Waals surface area contributed by atoms with E-state index < -0.39 is 0 Å². The first-order valence-corrected chi connectivity index (χ1v) is 7.52. The molecule has 2 rings (SSSR count). The smallest absolute Gasteiger partial charge is 0.137 e. The first-order valence-electron chi connectivity index (χ1n) is 6.76. The highest BCUT2D eigenvalue weighted by Crippen LogP contribution is 2.24. The lowest BCUT2D eigenvalue weighted by Crippen LogP contribution is -2.22. The first kappa shape index (κ1) is 16.1. The van der Waals surface area contributed by atoms with Gasteiger partial charge in [0.1, 0.15) is 16.8 Å². The molecule has 112 valence electrons. The first-order chi connectivity index (χ1) is 9.75. The summed E-state index contributed by atoms with van der Waals surface area (Å²) in [5.41, 5.74) is 0.980. The Bertz CT molecular complexity index is 636. The maximum absolute atomic E-state index is 6.13. The highest BCUT2D eigenvalue weighted by Gasteiger charge is 2.19. The van der Waals surface area contributed by atoms with Gasteiger partial charge in [0.15, 0.2) is 0 Å². The van der Waals surface area contributed by atoms with Crippen molar-refractivity contribution in [2.24, 2.45) is 0 Å². The Morgan fingerprint density at radius 1 is 1.10 bits per heavy atom. The molecule has 0 spiro atoms. The van der Waals surface area contributed by atoms with Gasteiger partial charge in [-0.15, -0.1) is 0 Å². The van der Waals surface area contributed by atoms with E-state index in [1.807, 2.05) is 36.2 Å². The largest absolute Gasteiger partial charge is 0.355 e. The van der Waals surface area contributed by atoms with Crippen LogP contribution < -0.4 is 4.90 Å². The summed E-state index contributed by atoms with van der Waals surface area (Å²) in [6, 6.07) is 9.58. The van der Waals surface area contributed by atoms with E-state index in [-0.39, 0.29) is 5.41 Å². The molecule has 3 nitrogen and oxygen atoms in total. The fraction of sp³-hybridized carbons (Fsp3) is 0.375. The molecule has 0 radical (unpaired) electrons. The minimum atomic E-state index is -0.142. The fourth-order valence-corrected chi connectivity index (χ4v) is 2.32. The lowest BCUT2D eigenvalue weighted by atomic mass is 9.96. The predicted molar refractivity (Wildman–Crippen MR) is 89.3 cm³/mol. The number of rotatable bonds is 3. The number of halogens is 2. The average Bonchev–Trinajstić information content (AvgIpc) is 2.37. The van der Waals surface area contributed by atoms with Gasteiger partial charge in [-0.1, -0.05) is 56.1 Å². The van der Waals surface area contributed by atoms with E-state index in [9.17, 15) is 0 Å². The van der Waals surface area contributed by atoms with E-state index in [0.29, 0.717) is 11.7 Å². The van der Waals surface area contributed by atoms with E-state index in [0.717, 1.165) is 22.2 Å². The zero-order valence-electron chi connectivity index (χ0n) is 12.7. The molecule has 0 aliphatic carbocycles. The van der Waals surface area contributed by atoms with Crippen LogP contribution in [0.1, 0.15) is 32.2 Å². The molecule has 0 aliphatic heterocycles. The van der Waals surface area contributed by atoms with E-state index in [1.54, 1.807) is 6.07 Å². The van der Waals surface area contributed by atoms with Crippen molar-refractivity contribution in [2.45, 2.75) is 32.7 Å². The monoisotopic (exact) mass is 323 g/mol. The van der Waals surface area contributed by atoms with Crippen molar-refractivity contribution in [1.82, 2.24) is 9.97 Å². The Balaban J connectivity index is 2.27. The van der Waals surface area contributed by atoms with Gasteiger partial charge in [-0.2, -0.15) is 0 Å². The van der Waals surface area contributed by atoms with Gasteiger partial charge in [0.2, 0.25) is 0 Å². The van der Waals surface area contributed by atoms with Crippen LogP contribution in [0.15, 0.2) is 30.3 Å². The predicted octanol–water partition coefficient (Wildman–Crippen LogP) is 4.72. The molecule has 0 saturated carbocycles. The van der Waals surface area contributed by atoms with Crippen LogP contribution in [0.2, 0.25) is 10.2 Å². The molecule has 0 N–H and O–H groups in total. The Morgan fingerprint density at radius 2 is 1.81 bits per heavy atom. The van der Waals surface area contributed by atoms with Gasteiger partial charge in [0, 0.05) is 30.1 Å². The molecule has 5 heteroatoms. The molecule has 1 heterocycles. The van der Waals surface area contributed by atoms with Crippen molar-refractivity contribution in [3.63, 3.8) is 0 Å². The third-order valence-electron chi connectivity index (χ3n) is 3.05. The molecule has 0 unspecified atom stereocenters. The number of anilines is 1. The SMILES string of the molecule is CN(Cc1cccc(Cl)c1)c1cc(Cl)nc(C(C)(C)C)n1. The van der Waals surface area contributed by atoms with Crippen molar-refractivity contribution in [3.05, 3.63) is 51.9 Å². The van der Waals surface area contributed by atoms with Crippen LogP contribution in [0, 0.1) is 0 Å². The van der Waals surface area contributed by atoms with Gasteiger partial charge in [0.25, 0.3) is 0 Å². The third-order valence-corrected chi connectivity index (χ3v) is 3.48. The zero-order valence-corrected chi connectivity index (χ0v) is 14.2. The normalized spacial score (nSPS) is 11.5. The summed E-state index contributed by atoms with van der Waals surface area (Å²) in [4.78, 5) is 11.0. The van der Waals surface area contributed by atoms with Crippen molar-refractivity contribution in [3.8, 4) is 0 Å². The summed E-state index contributed by atoms with van der Waals surface area (Å²) in [5, 5.41) is 1.19. The van der Waals surface area contributed by atoms with E-state index in [4.69, 9.17) is 23.2 Å². The van der Waals surface area contributed by atoms with Crippen LogP contribution in [0.25, 0.3) is 0 Å². The molecule has 0 bridgehead atoms. The quantitative estimate of drug-likeness (QED) is 0.765. The molecule has 1 aromatic carbocycles. The maximum atomic E-state index is 6.13. The molecular weight excluding hydrogens is 305 g/mol. The van der Waals surface area contributed by atoms with Gasteiger partial charge >= 0.3 is 0 Å². The number of nitrogens with zero attached hydrogens (tertiary/aromatic N) is 3. The Kier molecular flexibility index (Phi) is 4.74. The van der Waals surface area contributed by atoms with Crippen LogP contribution in [-0.2, 0) is 12.0 Å². The third kappa shape index (κ3) is 4.32. The standard InChI is InChI=1S/C16H19Cl2N3/c1-16(2,3)15-19-13(18)9-14(20-15)21(4)10-11-6-5-7-12(17)8-11/h5-9H,10H2,1-4H3. The van der Waals surface area contributed by atoms with Gasteiger partial charge in [-0.25, -0.2) is 9.97 Å². The van der Waals surface area contributed by atoms with Crippen LogP contribution in [0.5, 0.6) is 0 Å². The highest BCUT2D eigenvalue weighted by atomic mass is 35.5. The summed E-state index contributed by atoms with van der Waals surface area (Å²) in [5.74, 6) is 1.54. The van der Waals surface area contributed by atoms with Crippen molar-refractivity contribution in [1.29, 1.82) is 0 Å². The summed E-state index contributed by atoms with van der Waals surface area (Å²) < 4.78 is 0. The average molecular weight is 324 g/mol. The summed E-state index contributed by atoms with van der Waals surface area (Å²) in [7, 11) is 1.98. The molecule has 0 atom stereocenters. The zero-order chi connectivity index (χ0) is 15.6. The minimum Gasteiger partial charge on any atom is -0.355 e. The maximum Gasteiger partial charge on any atom is 0.137 e. The molecule has 0 amide bonds. The molecule has 21 heavy (non-hydrogen) atoms. The van der Waals surface area contributed by atoms with Crippen molar-refractivity contribution >= 4 is 29.0 Å². The molecule has 2 aromatic rings. The summed E-state index contributed by atoms with van der Waals surface area (Å²) in [6.07, 6.45) is 0. The highest BCUT2D eigenvalue weighted by molar-refractivity contribution is 6.30. The molecule has 0 aliphatic rings. The number of hydrogen-bond acceptors (Lipinski definition) is 3. The van der Waals surface area contributed by atoms with Crippen molar-refractivity contribution < 1.29 is 0 Å². The van der Waals surface area contributed by atoms with E-state index in [2.05, 4.69) is 30.7 Å². The molecule has 1 aromatic heterocycles. The summed E-state index contributed by atoms with van der Waals surface area (Å²) >= 11 is 12.1. The van der Waals surface area contributed by atoms with Gasteiger partial charge in [-0.05, 0) is 17.7 Å². The minimum absolute atomic E-state index is 0.142. The molecule has 0 fully saturated rings. The van der Waals surface area contributed by atoms with Gasteiger partial charge in [-0.3, -0.25) is 0 Å². The van der Waals surface area contributed by atoms with Gasteiger partial charge < -0.3 is 4.90 Å². The van der Waals surface area contributed by atoms with Crippen LogP contribution in [0.4, 0.5) is 5.82 Å². The Labute approximate surface area is 135 Å². The van der Waals surface area contributed by atoms with E-state index in [1.165, 1.54) is 0 Å². The van der Waals surface area contributed by atoms with E-state index >= 15 is 0 Å². The lowest BCUT2D eigenvalue weighted by Gasteiger charge is -2.22. The Morgan fingerprint density at radius 3 is 2.43 bits per heavy atom. The van der Waals surface area contributed by atoms with Gasteiger partial charge in [0.05, 0.1) is 0 Å². The fourth-order valence-electron chi connectivity index (χ4n) is 1.93. The summed E-state index contributed by atoms with van der Waals surface area (Å²) in [6.45, 7) is 6.91. The number of aromatic nitrogens is 2. The number of benzene rings is 1. The van der Waals surface area contributed by atoms with Crippen molar-refractivity contribution in [2.75, 3.05) is 11.9 Å². The van der Waals surface area contributed by atoms with Crippen LogP contribution >= 0.6 is 23.2 Å². The topological polar surface area (TPSA) is 29.0 Å².